The molecule has 33 heavy (non-hydrogen) atoms. The number of hydrogen-bond donors (Lipinski definition) is 3. The minimum atomic E-state index is -4.52. The maximum atomic E-state index is 13.0. The Morgan fingerprint density at radius 2 is 1.67 bits per heavy atom. The van der Waals surface area contributed by atoms with Crippen LogP contribution in [0.25, 0.3) is 16.9 Å². The Labute approximate surface area is 187 Å². The SMILES string of the molecule is O=C(Nc1cccc(C(F)(F)F)c1)Nc1cc(-c2ccccc2)nn1-c1cccc(CO)c1. The van der Waals surface area contributed by atoms with Crippen molar-refractivity contribution in [1.29, 1.82) is 0 Å². The summed E-state index contributed by atoms with van der Waals surface area (Å²) in [5.41, 5.74) is 1.79. The van der Waals surface area contributed by atoms with Gasteiger partial charge in [0.2, 0.25) is 0 Å². The number of carbonyl (C=O) groups is 1. The fourth-order valence-electron chi connectivity index (χ4n) is 3.26. The van der Waals surface area contributed by atoms with Crippen molar-refractivity contribution in [3.8, 4) is 16.9 Å². The number of urea groups is 1. The molecule has 0 radical (unpaired) electrons. The van der Waals surface area contributed by atoms with Crippen molar-refractivity contribution < 1.29 is 23.1 Å². The highest BCUT2D eigenvalue weighted by molar-refractivity contribution is 5.99. The van der Waals surface area contributed by atoms with E-state index in [4.69, 9.17) is 0 Å². The number of nitrogens with one attached hydrogen (secondary N) is 2. The van der Waals surface area contributed by atoms with Gasteiger partial charge in [0.25, 0.3) is 0 Å². The van der Waals surface area contributed by atoms with E-state index >= 15 is 0 Å². The normalized spacial score (nSPS) is 11.3. The molecule has 9 heteroatoms. The van der Waals surface area contributed by atoms with Gasteiger partial charge in [-0.05, 0) is 35.9 Å². The molecular weight excluding hydrogens is 433 g/mol. The summed E-state index contributed by atoms with van der Waals surface area (Å²) in [4.78, 5) is 12.6. The number of aliphatic hydroxyl groups excluding tert-OH is 1. The number of amides is 2. The van der Waals surface area contributed by atoms with Gasteiger partial charge >= 0.3 is 12.2 Å². The molecule has 0 saturated heterocycles. The molecule has 0 atom stereocenters. The van der Waals surface area contributed by atoms with Crippen molar-refractivity contribution in [3.05, 3.63) is 96.1 Å². The number of aliphatic hydroxyl groups is 1. The predicted molar refractivity (Wildman–Crippen MR) is 119 cm³/mol. The number of rotatable bonds is 5. The largest absolute Gasteiger partial charge is 0.416 e. The molecule has 1 aromatic heterocycles. The molecule has 0 aliphatic rings. The highest BCUT2D eigenvalue weighted by atomic mass is 19.4. The molecule has 0 fully saturated rings. The van der Waals surface area contributed by atoms with Gasteiger partial charge in [-0.15, -0.1) is 0 Å². The second kappa shape index (κ2) is 9.17. The Morgan fingerprint density at radius 3 is 2.39 bits per heavy atom. The zero-order valence-corrected chi connectivity index (χ0v) is 17.2. The van der Waals surface area contributed by atoms with E-state index in [1.807, 2.05) is 30.3 Å². The standard InChI is InChI=1S/C24H19F3N4O2/c25-24(26,27)18-9-5-10-19(13-18)28-23(33)29-22-14-21(17-7-2-1-3-8-17)30-31(22)20-11-4-6-16(12-20)15-32/h1-14,32H,15H2,(H2,28,29,33). The third-order valence-electron chi connectivity index (χ3n) is 4.81. The Kier molecular flexibility index (Phi) is 6.14. The van der Waals surface area contributed by atoms with Crippen molar-refractivity contribution in [1.82, 2.24) is 9.78 Å². The summed E-state index contributed by atoms with van der Waals surface area (Å²) >= 11 is 0. The van der Waals surface area contributed by atoms with Crippen LogP contribution < -0.4 is 10.6 Å². The quantitative estimate of drug-likeness (QED) is 0.364. The topological polar surface area (TPSA) is 79.2 Å². The lowest BCUT2D eigenvalue weighted by Crippen LogP contribution is -2.21. The van der Waals surface area contributed by atoms with Crippen LogP contribution in [0.15, 0.2) is 84.9 Å². The zero-order chi connectivity index (χ0) is 23.4. The predicted octanol–water partition coefficient (Wildman–Crippen LogP) is 5.69. The van der Waals surface area contributed by atoms with Crippen LogP contribution in [0.5, 0.6) is 0 Å². The summed E-state index contributed by atoms with van der Waals surface area (Å²) in [5.74, 6) is 0.299. The van der Waals surface area contributed by atoms with Gasteiger partial charge in [0.1, 0.15) is 5.82 Å². The van der Waals surface area contributed by atoms with E-state index in [1.165, 1.54) is 16.8 Å². The van der Waals surface area contributed by atoms with Gasteiger partial charge in [0, 0.05) is 17.3 Å². The van der Waals surface area contributed by atoms with Crippen molar-refractivity contribution in [2.75, 3.05) is 10.6 Å². The second-order valence-corrected chi connectivity index (χ2v) is 7.18. The van der Waals surface area contributed by atoms with Crippen LogP contribution in [0.4, 0.5) is 29.5 Å². The minimum Gasteiger partial charge on any atom is -0.392 e. The molecule has 0 bridgehead atoms. The summed E-state index contributed by atoms with van der Waals surface area (Å²) in [6.07, 6.45) is -4.52. The van der Waals surface area contributed by atoms with E-state index in [1.54, 1.807) is 30.3 Å². The molecule has 1 heterocycles. The molecule has 0 aliphatic carbocycles. The van der Waals surface area contributed by atoms with E-state index in [9.17, 15) is 23.1 Å². The maximum absolute atomic E-state index is 13.0. The highest BCUT2D eigenvalue weighted by Crippen LogP contribution is 2.31. The maximum Gasteiger partial charge on any atom is 0.416 e. The Balaban J connectivity index is 1.65. The number of carbonyl (C=O) groups excluding carboxylic acids is 1. The number of hydrogen-bond acceptors (Lipinski definition) is 3. The Morgan fingerprint density at radius 1 is 0.909 bits per heavy atom. The van der Waals surface area contributed by atoms with Gasteiger partial charge in [-0.1, -0.05) is 48.5 Å². The highest BCUT2D eigenvalue weighted by Gasteiger charge is 2.30. The lowest BCUT2D eigenvalue weighted by Gasteiger charge is -2.12. The van der Waals surface area contributed by atoms with Gasteiger partial charge in [-0.2, -0.15) is 18.3 Å². The Bertz CT molecular complexity index is 1270. The number of nitrogens with zero attached hydrogens (tertiary/aromatic N) is 2. The van der Waals surface area contributed by atoms with Crippen LogP contribution in [-0.2, 0) is 12.8 Å². The summed E-state index contributed by atoms with van der Waals surface area (Å²) in [7, 11) is 0. The van der Waals surface area contributed by atoms with Gasteiger partial charge in [0.05, 0.1) is 23.6 Å². The third kappa shape index (κ3) is 5.21. The zero-order valence-electron chi connectivity index (χ0n) is 17.2. The van der Waals surface area contributed by atoms with E-state index < -0.39 is 17.8 Å². The van der Waals surface area contributed by atoms with E-state index in [2.05, 4.69) is 15.7 Å². The van der Waals surface area contributed by atoms with Crippen LogP contribution in [-0.4, -0.2) is 20.9 Å². The second-order valence-electron chi connectivity index (χ2n) is 7.18. The molecule has 3 N–H and O–H groups in total. The molecule has 4 aromatic rings. The van der Waals surface area contributed by atoms with Crippen LogP contribution in [0.2, 0.25) is 0 Å². The van der Waals surface area contributed by atoms with Crippen LogP contribution in [0.1, 0.15) is 11.1 Å². The van der Waals surface area contributed by atoms with Crippen LogP contribution in [0, 0.1) is 0 Å². The van der Waals surface area contributed by atoms with E-state index in [0.717, 1.165) is 17.7 Å². The first-order chi connectivity index (χ1) is 15.8. The van der Waals surface area contributed by atoms with Gasteiger partial charge in [-0.3, -0.25) is 5.32 Å². The molecule has 168 valence electrons. The van der Waals surface area contributed by atoms with Crippen LogP contribution >= 0.6 is 0 Å². The summed E-state index contributed by atoms with van der Waals surface area (Å²) in [6, 6.07) is 21.6. The van der Waals surface area contributed by atoms with E-state index in [-0.39, 0.29) is 12.3 Å². The number of aromatic nitrogens is 2. The summed E-state index contributed by atoms with van der Waals surface area (Å²) in [6.45, 7) is -0.167. The lowest BCUT2D eigenvalue weighted by atomic mass is 10.1. The molecular formula is C24H19F3N4O2. The molecule has 0 spiro atoms. The number of benzene rings is 3. The molecule has 0 unspecified atom stereocenters. The molecule has 0 aliphatic heterocycles. The average Bonchev–Trinajstić information content (AvgIpc) is 3.23. The minimum absolute atomic E-state index is 0.000971. The average molecular weight is 452 g/mol. The van der Waals surface area contributed by atoms with Crippen molar-refractivity contribution in [2.45, 2.75) is 12.8 Å². The first-order valence-corrected chi connectivity index (χ1v) is 9.94. The summed E-state index contributed by atoms with van der Waals surface area (Å²) in [5, 5.41) is 19.1. The van der Waals surface area contributed by atoms with Crippen molar-refractivity contribution in [3.63, 3.8) is 0 Å². The first-order valence-electron chi connectivity index (χ1n) is 9.94. The van der Waals surface area contributed by atoms with Gasteiger partial charge < -0.3 is 10.4 Å². The molecule has 4 rings (SSSR count). The van der Waals surface area contributed by atoms with Crippen LogP contribution in [0.3, 0.4) is 0 Å². The van der Waals surface area contributed by atoms with Crippen molar-refractivity contribution >= 4 is 17.5 Å². The monoisotopic (exact) mass is 452 g/mol. The molecule has 6 nitrogen and oxygen atoms in total. The third-order valence-corrected chi connectivity index (χ3v) is 4.81. The molecule has 3 aromatic carbocycles. The fourth-order valence-corrected chi connectivity index (χ4v) is 3.26. The lowest BCUT2D eigenvalue weighted by molar-refractivity contribution is -0.137. The fraction of sp³-hybridized carbons (Fsp3) is 0.0833. The van der Waals surface area contributed by atoms with Gasteiger partial charge in [-0.25, -0.2) is 9.48 Å². The molecule has 2 amide bonds. The number of halogens is 3. The Hall–Kier alpha value is -4.11. The first kappa shape index (κ1) is 22.1. The smallest absolute Gasteiger partial charge is 0.392 e. The number of alkyl halides is 3. The number of anilines is 2. The van der Waals surface area contributed by atoms with Gasteiger partial charge in [0.15, 0.2) is 0 Å². The summed E-state index contributed by atoms with van der Waals surface area (Å²) < 4.78 is 40.4. The van der Waals surface area contributed by atoms with Crippen molar-refractivity contribution in [2.24, 2.45) is 0 Å². The molecule has 0 saturated carbocycles. The van der Waals surface area contributed by atoms with E-state index in [0.29, 0.717) is 22.8 Å².